The second kappa shape index (κ2) is 7.61. The van der Waals surface area contributed by atoms with E-state index < -0.39 is 12.0 Å². The molecule has 0 unspecified atom stereocenters. The maximum absolute atomic E-state index is 10.8. The van der Waals surface area contributed by atoms with Crippen LogP contribution in [0.3, 0.4) is 0 Å². The number of ether oxygens (including phenoxy) is 1. The molecule has 4 heteroatoms. The van der Waals surface area contributed by atoms with Crippen molar-refractivity contribution in [1.29, 1.82) is 0 Å². The molecule has 1 atom stereocenters. The van der Waals surface area contributed by atoms with E-state index in [1.54, 1.807) is 6.92 Å². The number of carboxylic acids is 1. The SMILES string of the molecule is Cc1ccc(COc2ccccc2CN[C@H](C)C(=O)O)cc1. The molecule has 0 aliphatic carbocycles. The third kappa shape index (κ3) is 4.60. The molecule has 0 spiro atoms. The van der Waals surface area contributed by atoms with Gasteiger partial charge in [0.05, 0.1) is 0 Å². The molecule has 0 saturated heterocycles. The minimum atomic E-state index is -0.863. The highest BCUT2D eigenvalue weighted by Crippen LogP contribution is 2.19. The molecule has 2 N–H and O–H groups in total. The molecule has 2 aromatic rings. The van der Waals surface area contributed by atoms with E-state index in [9.17, 15) is 4.79 Å². The summed E-state index contributed by atoms with van der Waals surface area (Å²) in [4.78, 5) is 10.8. The van der Waals surface area contributed by atoms with E-state index >= 15 is 0 Å². The highest BCUT2D eigenvalue weighted by Gasteiger charge is 2.11. The Hall–Kier alpha value is -2.33. The molecule has 4 nitrogen and oxygen atoms in total. The van der Waals surface area contributed by atoms with Gasteiger partial charge in [0.25, 0.3) is 0 Å². The highest BCUT2D eigenvalue weighted by molar-refractivity contribution is 5.72. The number of hydrogen-bond acceptors (Lipinski definition) is 3. The fraction of sp³-hybridized carbons (Fsp3) is 0.278. The number of para-hydroxylation sites is 1. The third-order valence-corrected chi connectivity index (χ3v) is 3.46. The fourth-order valence-electron chi connectivity index (χ4n) is 1.99. The van der Waals surface area contributed by atoms with Gasteiger partial charge in [-0.2, -0.15) is 0 Å². The number of carboxylic acid groups (broad SMARTS) is 1. The second-order valence-electron chi connectivity index (χ2n) is 5.32. The summed E-state index contributed by atoms with van der Waals surface area (Å²) in [6.45, 7) is 4.62. The van der Waals surface area contributed by atoms with Gasteiger partial charge in [-0.15, -0.1) is 0 Å². The van der Waals surface area contributed by atoms with Crippen LogP contribution in [0, 0.1) is 6.92 Å². The van der Waals surface area contributed by atoms with Gasteiger partial charge in [-0.1, -0.05) is 48.0 Å². The van der Waals surface area contributed by atoms with Crippen LogP contribution in [0.15, 0.2) is 48.5 Å². The molecular formula is C18H21NO3. The number of benzene rings is 2. The monoisotopic (exact) mass is 299 g/mol. The van der Waals surface area contributed by atoms with Gasteiger partial charge < -0.3 is 15.2 Å². The topological polar surface area (TPSA) is 58.6 Å². The summed E-state index contributed by atoms with van der Waals surface area (Å²) in [6, 6.07) is 15.3. The molecule has 2 aromatic carbocycles. The molecule has 0 bridgehead atoms. The third-order valence-electron chi connectivity index (χ3n) is 3.46. The van der Waals surface area contributed by atoms with Gasteiger partial charge in [-0.25, -0.2) is 0 Å². The quantitative estimate of drug-likeness (QED) is 0.824. The maximum Gasteiger partial charge on any atom is 0.320 e. The first-order valence-corrected chi connectivity index (χ1v) is 7.28. The van der Waals surface area contributed by atoms with Crippen LogP contribution in [0.1, 0.15) is 23.6 Å². The first-order chi connectivity index (χ1) is 10.6. The zero-order valence-corrected chi connectivity index (χ0v) is 12.9. The fourth-order valence-corrected chi connectivity index (χ4v) is 1.99. The average molecular weight is 299 g/mol. The predicted molar refractivity (Wildman–Crippen MR) is 85.9 cm³/mol. The van der Waals surface area contributed by atoms with Crippen molar-refractivity contribution in [3.63, 3.8) is 0 Å². The zero-order valence-electron chi connectivity index (χ0n) is 12.9. The van der Waals surface area contributed by atoms with Crippen LogP contribution in [0.25, 0.3) is 0 Å². The molecule has 0 aliphatic rings. The lowest BCUT2D eigenvalue weighted by Gasteiger charge is -2.14. The summed E-state index contributed by atoms with van der Waals surface area (Å²) in [7, 11) is 0. The zero-order chi connectivity index (χ0) is 15.9. The Bertz CT molecular complexity index is 622. The summed E-state index contributed by atoms with van der Waals surface area (Å²) in [5.74, 6) is -0.0915. The Balaban J connectivity index is 1.98. The number of rotatable bonds is 7. The highest BCUT2D eigenvalue weighted by atomic mass is 16.5. The van der Waals surface area contributed by atoms with Crippen molar-refractivity contribution < 1.29 is 14.6 Å². The Kier molecular flexibility index (Phi) is 5.55. The summed E-state index contributed by atoms with van der Waals surface area (Å²) >= 11 is 0. The van der Waals surface area contributed by atoms with Crippen molar-refractivity contribution in [2.75, 3.05) is 0 Å². The number of hydrogen-bond donors (Lipinski definition) is 2. The van der Waals surface area contributed by atoms with Gasteiger partial charge in [-0.05, 0) is 25.5 Å². The number of aryl methyl sites for hydroxylation is 1. The minimum Gasteiger partial charge on any atom is -0.489 e. The van der Waals surface area contributed by atoms with Crippen molar-refractivity contribution in [3.05, 3.63) is 65.2 Å². The van der Waals surface area contributed by atoms with Crippen LogP contribution in [-0.4, -0.2) is 17.1 Å². The maximum atomic E-state index is 10.8. The summed E-state index contributed by atoms with van der Waals surface area (Å²) in [5.41, 5.74) is 3.27. The average Bonchev–Trinajstić information content (AvgIpc) is 2.52. The van der Waals surface area contributed by atoms with Crippen LogP contribution in [0.4, 0.5) is 0 Å². The lowest BCUT2D eigenvalue weighted by atomic mass is 10.1. The molecule has 0 fully saturated rings. The van der Waals surface area contributed by atoms with Crippen LogP contribution in [-0.2, 0) is 17.9 Å². The predicted octanol–water partition coefficient (Wildman–Crippen LogP) is 3.14. The van der Waals surface area contributed by atoms with Gasteiger partial charge in [0.1, 0.15) is 18.4 Å². The van der Waals surface area contributed by atoms with E-state index in [4.69, 9.17) is 9.84 Å². The van der Waals surface area contributed by atoms with E-state index in [1.807, 2.05) is 36.4 Å². The summed E-state index contributed by atoms with van der Waals surface area (Å²) in [6.07, 6.45) is 0. The van der Waals surface area contributed by atoms with E-state index in [-0.39, 0.29) is 0 Å². The Morgan fingerprint density at radius 3 is 2.55 bits per heavy atom. The number of nitrogens with one attached hydrogen (secondary N) is 1. The van der Waals surface area contributed by atoms with Gasteiger partial charge in [-0.3, -0.25) is 4.79 Å². The van der Waals surface area contributed by atoms with Crippen LogP contribution >= 0.6 is 0 Å². The largest absolute Gasteiger partial charge is 0.489 e. The van der Waals surface area contributed by atoms with Gasteiger partial charge >= 0.3 is 5.97 Å². The van der Waals surface area contributed by atoms with E-state index in [0.29, 0.717) is 13.2 Å². The molecule has 0 radical (unpaired) electrons. The van der Waals surface area contributed by atoms with Crippen LogP contribution < -0.4 is 10.1 Å². The normalized spacial score (nSPS) is 11.9. The van der Waals surface area contributed by atoms with E-state index in [1.165, 1.54) is 5.56 Å². The van der Waals surface area contributed by atoms with Crippen LogP contribution in [0.5, 0.6) is 5.75 Å². The standard InChI is InChI=1S/C18H21NO3/c1-13-7-9-15(10-8-13)12-22-17-6-4-3-5-16(17)11-19-14(2)18(20)21/h3-10,14,19H,11-12H2,1-2H3,(H,20,21)/t14-/m1/s1. The van der Waals surface area contributed by atoms with Crippen molar-refractivity contribution in [3.8, 4) is 5.75 Å². The van der Waals surface area contributed by atoms with Crippen molar-refractivity contribution in [2.24, 2.45) is 0 Å². The molecule has 0 heterocycles. The Labute approximate surface area is 130 Å². The van der Waals surface area contributed by atoms with Crippen molar-refractivity contribution in [2.45, 2.75) is 33.0 Å². The molecule has 0 aromatic heterocycles. The molecule has 0 saturated carbocycles. The number of aliphatic carboxylic acids is 1. The van der Waals surface area contributed by atoms with Gasteiger partial charge in [0.15, 0.2) is 0 Å². The van der Waals surface area contributed by atoms with E-state index in [0.717, 1.165) is 16.9 Å². The minimum absolute atomic E-state index is 0.456. The lowest BCUT2D eigenvalue weighted by molar-refractivity contribution is -0.139. The lowest BCUT2D eigenvalue weighted by Crippen LogP contribution is -2.33. The van der Waals surface area contributed by atoms with Crippen LogP contribution in [0.2, 0.25) is 0 Å². The molecular weight excluding hydrogens is 278 g/mol. The first kappa shape index (κ1) is 16.0. The van der Waals surface area contributed by atoms with E-state index in [2.05, 4.69) is 24.4 Å². The summed E-state index contributed by atoms with van der Waals surface area (Å²) in [5, 5.41) is 11.9. The first-order valence-electron chi connectivity index (χ1n) is 7.28. The number of carbonyl (C=O) groups is 1. The molecule has 22 heavy (non-hydrogen) atoms. The smallest absolute Gasteiger partial charge is 0.320 e. The molecule has 0 aliphatic heterocycles. The molecule has 0 amide bonds. The molecule has 2 rings (SSSR count). The van der Waals surface area contributed by atoms with Crippen molar-refractivity contribution >= 4 is 5.97 Å². The molecule has 116 valence electrons. The van der Waals surface area contributed by atoms with Gasteiger partial charge in [0, 0.05) is 12.1 Å². The Morgan fingerprint density at radius 2 is 1.86 bits per heavy atom. The summed E-state index contributed by atoms with van der Waals surface area (Å²) < 4.78 is 5.87. The van der Waals surface area contributed by atoms with Crippen molar-refractivity contribution in [1.82, 2.24) is 5.32 Å². The van der Waals surface area contributed by atoms with Gasteiger partial charge in [0.2, 0.25) is 0 Å². The Morgan fingerprint density at radius 1 is 1.18 bits per heavy atom. The second-order valence-corrected chi connectivity index (χ2v) is 5.32.